The molecule has 0 aliphatic heterocycles. The van der Waals surface area contributed by atoms with Crippen LogP contribution in [0.5, 0.6) is 0 Å². The maximum atomic E-state index is 13.5. The van der Waals surface area contributed by atoms with E-state index in [-0.39, 0.29) is 103 Å². The molecule has 0 saturated carbocycles. The van der Waals surface area contributed by atoms with E-state index in [0.29, 0.717) is 5.39 Å². The number of hydrogen-bond donors (Lipinski definition) is 0. The van der Waals surface area contributed by atoms with Crippen molar-refractivity contribution in [2.75, 3.05) is 0 Å². The molecule has 0 spiro atoms. The van der Waals surface area contributed by atoms with Crippen LogP contribution in [0.1, 0.15) is 5.56 Å². The first-order chi connectivity index (χ1) is 7.82. The fraction of sp³-hybridized carbons (Fsp3) is 0.0909. The Morgan fingerprint density at radius 3 is 2.00 bits per heavy atom. The zero-order valence-corrected chi connectivity index (χ0v) is 18.4. The molecule has 19 heavy (non-hydrogen) atoms. The average molecular weight is 350 g/mol. The average Bonchev–Trinajstić information content (AvgIpc) is 2.27. The second-order valence-electron chi connectivity index (χ2n) is 3.60. The Morgan fingerprint density at radius 1 is 0.947 bits per heavy atom. The van der Waals surface area contributed by atoms with Crippen molar-refractivity contribution < 1.29 is 121 Å². The summed E-state index contributed by atoms with van der Waals surface area (Å²) < 4.78 is 27.0. The van der Waals surface area contributed by atoms with Crippen molar-refractivity contribution in [3.63, 3.8) is 0 Å². The van der Waals surface area contributed by atoms with Crippen LogP contribution in [0.4, 0.5) is 8.78 Å². The molecular weight excluding hydrogens is 343 g/mol. The van der Waals surface area contributed by atoms with Crippen LogP contribution in [0, 0.1) is 0 Å². The Hall–Kier alpha value is 2.40. The van der Waals surface area contributed by atoms with Gasteiger partial charge in [-0.15, -0.1) is 18.3 Å². The van der Waals surface area contributed by atoms with Gasteiger partial charge in [0.2, 0.25) is 0 Å². The van der Waals surface area contributed by atoms with E-state index in [9.17, 15) is 18.6 Å². The van der Waals surface area contributed by atoms with Gasteiger partial charge in [-0.05, 0) is 16.8 Å². The molecule has 2 aromatic carbocycles. The fourth-order valence-corrected chi connectivity index (χ4v) is 2.31. The molecule has 2 rings (SSSR count). The summed E-state index contributed by atoms with van der Waals surface area (Å²) in [6.07, 6.45) is 0. The summed E-state index contributed by atoms with van der Waals surface area (Å²) in [5.41, 5.74) is -4.60. The number of rotatable bonds is 2. The van der Waals surface area contributed by atoms with E-state index < -0.39 is 17.7 Å². The van der Waals surface area contributed by atoms with Crippen molar-refractivity contribution in [3.05, 3.63) is 48.0 Å². The summed E-state index contributed by atoms with van der Waals surface area (Å²) in [6, 6.07) is 10.5. The largest absolute Gasteiger partial charge is 1.00 e. The molecule has 2 nitrogen and oxygen atoms in total. The van der Waals surface area contributed by atoms with Gasteiger partial charge < -0.3 is 9.79 Å². The number of fused-ring (bicyclic) bond motifs is 1. The van der Waals surface area contributed by atoms with Crippen LogP contribution in [0.3, 0.4) is 0 Å². The van der Waals surface area contributed by atoms with Crippen LogP contribution >= 0.6 is 6.49 Å². The van der Waals surface area contributed by atoms with Crippen molar-refractivity contribution >= 4 is 29.1 Å². The third kappa shape index (κ3) is 4.94. The molecule has 0 aromatic heterocycles. The first kappa shape index (κ1) is 21.4. The van der Waals surface area contributed by atoms with Gasteiger partial charge in [-0.1, -0.05) is 36.4 Å². The SMILES string of the molecule is [K+].[K+].[O-]P([O-])(=S)C(F)(F)c1ccc2ccccc2c1. The number of halogens is 2. The predicted octanol–water partition coefficient (Wildman–Crippen LogP) is -4.07. The zero-order chi connectivity index (χ0) is 12.7. The first-order valence-electron chi connectivity index (χ1n) is 4.71. The molecule has 0 aliphatic rings. The molecule has 0 N–H and O–H groups in total. The predicted molar refractivity (Wildman–Crippen MR) is 62.1 cm³/mol. The molecular formula is C11H7F2K2O2PS. The molecule has 0 unspecified atom stereocenters. The van der Waals surface area contributed by atoms with E-state index >= 15 is 0 Å². The normalized spacial score (nSPS) is 11.6. The Kier molecular flexibility index (Phi) is 9.36. The smallest absolute Gasteiger partial charge is 0.828 e. The third-order valence-electron chi connectivity index (χ3n) is 2.44. The second-order valence-corrected chi connectivity index (χ2v) is 6.60. The van der Waals surface area contributed by atoms with Gasteiger partial charge in [0.05, 0.1) is 0 Å². The summed E-state index contributed by atoms with van der Waals surface area (Å²) in [5, 5.41) is 1.31. The number of alkyl halides is 2. The summed E-state index contributed by atoms with van der Waals surface area (Å²) in [4.78, 5) is 21.8. The van der Waals surface area contributed by atoms with Crippen LogP contribution in [-0.2, 0) is 17.5 Å². The maximum Gasteiger partial charge on any atom is 1.00 e. The topological polar surface area (TPSA) is 46.1 Å². The summed E-state index contributed by atoms with van der Waals surface area (Å²) in [6.45, 7) is -5.17. The minimum Gasteiger partial charge on any atom is -0.828 e. The fourth-order valence-electron chi connectivity index (χ4n) is 1.53. The van der Waals surface area contributed by atoms with E-state index in [1.165, 1.54) is 6.07 Å². The molecule has 0 bridgehead atoms. The van der Waals surface area contributed by atoms with Gasteiger partial charge in [0, 0.05) is 5.56 Å². The Labute approximate surface area is 200 Å². The minimum atomic E-state index is -5.17. The Morgan fingerprint density at radius 2 is 1.47 bits per heavy atom. The van der Waals surface area contributed by atoms with Crippen molar-refractivity contribution in [1.82, 2.24) is 0 Å². The molecule has 8 heteroatoms. The Balaban J connectivity index is 0.00000162. The number of benzene rings is 2. The third-order valence-corrected chi connectivity index (χ3v) is 4.07. The van der Waals surface area contributed by atoms with E-state index in [1.54, 1.807) is 24.3 Å². The van der Waals surface area contributed by atoms with Gasteiger partial charge in [-0.25, -0.2) is 0 Å². The monoisotopic (exact) mass is 350 g/mol. The molecule has 0 amide bonds. The molecule has 0 saturated heterocycles. The van der Waals surface area contributed by atoms with Gasteiger partial charge in [-0.3, -0.25) is 0 Å². The van der Waals surface area contributed by atoms with E-state index in [2.05, 4.69) is 11.8 Å². The molecule has 0 radical (unpaired) electrons. The van der Waals surface area contributed by atoms with Crippen LogP contribution in [0.15, 0.2) is 42.5 Å². The molecule has 0 heterocycles. The van der Waals surface area contributed by atoms with Crippen LogP contribution in [0.25, 0.3) is 10.8 Å². The molecule has 0 aliphatic carbocycles. The van der Waals surface area contributed by atoms with Crippen LogP contribution in [0.2, 0.25) is 0 Å². The summed E-state index contributed by atoms with van der Waals surface area (Å²) in [7, 11) is 0. The summed E-state index contributed by atoms with van der Waals surface area (Å²) >= 11 is 3.88. The van der Waals surface area contributed by atoms with Gasteiger partial charge >= 0.3 is 103 Å². The van der Waals surface area contributed by atoms with Crippen LogP contribution < -0.4 is 113 Å². The quantitative estimate of drug-likeness (QED) is 0.409. The van der Waals surface area contributed by atoms with Crippen molar-refractivity contribution in [3.8, 4) is 0 Å². The van der Waals surface area contributed by atoms with Gasteiger partial charge in [0.25, 0.3) is 5.66 Å². The standard InChI is InChI=1S/C11H9F2O2PS.2K/c12-11(13,16(14,15)17)10-6-5-8-3-1-2-4-9(8)7-10;;/h1-7H,(H2,14,15,17);;/q;2*+1/p-2. The van der Waals surface area contributed by atoms with Crippen molar-refractivity contribution in [2.24, 2.45) is 0 Å². The Bertz CT molecular complexity index is 618. The molecule has 2 aromatic rings. The van der Waals surface area contributed by atoms with E-state index in [0.717, 1.165) is 17.5 Å². The first-order valence-corrected chi connectivity index (χ1v) is 7.35. The van der Waals surface area contributed by atoms with Gasteiger partial charge in [-0.2, -0.15) is 8.78 Å². The number of hydrogen-bond acceptors (Lipinski definition) is 3. The van der Waals surface area contributed by atoms with E-state index in [4.69, 9.17) is 0 Å². The minimum absolute atomic E-state index is 0. The van der Waals surface area contributed by atoms with Gasteiger partial charge in [0.15, 0.2) is 0 Å². The van der Waals surface area contributed by atoms with Crippen molar-refractivity contribution in [2.45, 2.75) is 5.66 Å². The maximum absolute atomic E-state index is 13.5. The van der Waals surface area contributed by atoms with Crippen molar-refractivity contribution in [1.29, 1.82) is 0 Å². The molecule has 0 atom stereocenters. The summed E-state index contributed by atoms with van der Waals surface area (Å²) in [5.74, 6) is 0. The van der Waals surface area contributed by atoms with Crippen LogP contribution in [-0.4, -0.2) is 0 Å². The van der Waals surface area contributed by atoms with E-state index in [1.807, 2.05) is 0 Å². The zero-order valence-electron chi connectivity index (χ0n) is 10.5. The molecule has 90 valence electrons. The molecule has 0 fully saturated rings. The van der Waals surface area contributed by atoms with Gasteiger partial charge in [0.1, 0.15) is 0 Å². The second kappa shape index (κ2) is 8.31.